The van der Waals surface area contributed by atoms with Crippen molar-refractivity contribution in [2.45, 2.75) is 0 Å². The number of carbonyl (C=O) groups excluding carboxylic acids is 3. The molecule has 160 valence electrons. The van der Waals surface area contributed by atoms with Crippen LogP contribution in [0.25, 0.3) is 5.69 Å². The average Bonchev–Trinajstić information content (AvgIpc) is 3.48. The van der Waals surface area contributed by atoms with E-state index in [-0.39, 0.29) is 22.8 Å². The summed E-state index contributed by atoms with van der Waals surface area (Å²) in [7, 11) is 0. The first kappa shape index (κ1) is 20.4. The van der Waals surface area contributed by atoms with Crippen molar-refractivity contribution >= 4 is 23.4 Å². The predicted octanol–water partition coefficient (Wildman–Crippen LogP) is 2.50. The van der Waals surface area contributed by atoms with Crippen LogP contribution in [0.3, 0.4) is 0 Å². The zero-order chi connectivity index (χ0) is 22.5. The van der Waals surface area contributed by atoms with Gasteiger partial charge in [0.15, 0.2) is 17.2 Å². The maximum Gasteiger partial charge on any atom is 0.294 e. The maximum atomic E-state index is 12.4. The molecule has 10 heteroatoms. The molecule has 4 N–H and O–H groups in total. The second-order valence-corrected chi connectivity index (χ2v) is 6.56. The largest absolute Gasteiger partial charge is 0.504 e. The van der Waals surface area contributed by atoms with Gasteiger partial charge >= 0.3 is 0 Å². The van der Waals surface area contributed by atoms with Gasteiger partial charge in [-0.05, 0) is 42.5 Å². The molecular formula is C22H17N5O5. The molecule has 0 unspecified atom stereocenters. The fraction of sp³-hybridized carbons (Fsp3) is 0. The lowest BCUT2D eigenvalue weighted by Gasteiger charge is -2.08. The molecule has 32 heavy (non-hydrogen) atoms. The number of rotatable bonds is 5. The number of furan rings is 1. The Morgan fingerprint density at radius 1 is 0.875 bits per heavy atom. The van der Waals surface area contributed by atoms with Crippen LogP contribution >= 0.6 is 0 Å². The number of amides is 3. The molecule has 4 aromatic rings. The third kappa shape index (κ3) is 4.49. The number of para-hydroxylation sites is 1. The van der Waals surface area contributed by atoms with Crippen molar-refractivity contribution in [3.63, 3.8) is 0 Å². The molecule has 4 rings (SSSR count). The van der Waals surface area contributed by atoms with Gasteiger partial charge in [-0.2, -0.15) is 5.10 Å². The Kier molecular flexibility index (Phi) is 5.66. The number of hydrazine groups is 1. The zero-order valence-electron chi connectivity index (χ0n) is 16.5. The molecule has 0 saturated heterocycles. The van der Waals surface area contributed by atoms with Gasteiger partial charge in [-0.3, -0.25) is 25.2 Å². The van der Waals surface area contributed by atoms with Gasteiger partial charge < -0.3 is 14.8 Å². The minimum Gasteiger partial charge on any atom is -0.504 e. The van der Waals surface area contributed by atoms with Crippen LogP contribution in [0.1, 0.15) is 31.4 Å². The Morgan fingerprint density at radius 3 is 2.41 bits per heavy atom. The van der Waals surface area contributed by atoms with Crippen LogP contribution in [-0.2, 0) is 0 Å². The third-order valence-corrected chi connectivity index (χ3v) is 4.35. The number of nitrogens with zero attached hydrogens (tertiary/aromatic N) is 2. The van der Waals surface area contributed by atoms with Crippen LogP contribution in [0.5, 0.6) is 5.75 Å². The van der Waals surface area contributed by atoms with E-state index in [1.165, 1.54) is 35.3 Å². The Bertz CT molecular complexity index is 1270. The van der Waals surface area contributed by atoms with Crippen LogP contribution < -0.4 is 16.2 Å². The minimum absolute atomic E-state index is 0.127. The second-order valence-electron chi connectivity index (χ2n) is 6.56. The number of carbonyl (C=O) groups is 3. The fourth-order valence-corrected chi connectivity index (χ4v) is 2.82. The molecule has 0 aliphatic heterocycles. The third-order valence-electron chi connectivity index (χ3n) is 4.35. The summed E-state index contributed by atoms with van der Waals surface area (Å²) in [4.78, 5) is 36.8. The summed E-state index contributed by atoms with van der Waals surface area (Å²) in [5, 5.41) is 16.7. The lowest BCUT2D eigenvalue weighted by atomic mass is 10.2. The van der Waals surface area contributed by atoms with E-state index in [1.54, 1.807) is 42.5 Å². The van der Waals surface area contributed by atoms with E-state index < -0.39 is 17.7 Å². The van der Waals surface area contributed by atoms with Gasteiger partial charge in [-0.25, -0.2) is 4.68 Å². The topological polar surface area (TPSA) is 138 Å². The summed E-state index contributed by atoms with van der Waals surface area (Å²) >= 11 is 0. The van der Waals surface area contributed by atoms with E-state index in [0.29, 0.717) is 11.4 Å². The quantitative estimate of drug-likeness (QED) is 0.358. The highest BCUT2D eigenvalue weighted by Crippen LogP contribution is 2.18. The van der Waals surface area contributed by atoms with Crippen LogP contribution in [0.15, 0.2) is 83.6 Å². The molecular weight excluding hydrogens is 414 g/mol. The Morgan fingerprint density at radius 2 is 1.66 bits per heavy atom. The van der Waals surface area contributed by atoms with Crippen molar-refractivity contribution < 1.29 is 23.9 Å². The van der Waals surface area contributed by atoms with E-state index in [0.717, 1.165) is 0 Å². The van der Waals surface area contributed by atoms with Gasteiger partial charge in [-0.15, -0.1) is 0 Å². The summed E-state index contributed by atoms with van der Waals surface area (Å²) in [6, 6.07) is 18.1. The SMILES string of the molecule is O=C(NNC(=O)c1nn(-c2ccccc2)cc1O)c1cccc(NC(=O)c2ccco2)c1. The van der Waals surface area contributed by atoms with Crippen LogP contribution in [0, 0.1) is 0 Å². The number of hydrogen-bond acceptors (Lipinski definition) is 6. The van der Waals surface area contributed by atoms with E-state index in [2.05, 4.69) is 21.3 Å². The number of hydrogen-bond donors (Lipinski definition) is 4. The standard InChI is InChI=1S/C22H17N5O5/c28-17-13-27(16-8-2-1-3-9-16)26-19(17)22(31)25-24-20(29)14-6-4-7-15(12-14)23-21(30)18-10-5-11-32-18/h1-13,28H,(H,23,30)(H,24,29)(H,25,31). The summed E-state index contributed by atoms with van der Waals surface area (Å²) in [5.74, 6) is -2.11. The summed E-state index contributed by atoms with van der Waals surface area (Å²) in [6.07, 6.45) is 2.67. The van der Waals surface area contributed by atoms with Crippen molar-refractivity contribution in [2.75, 3.05) is 5.32 Å². The van der Waals surface area contributed by atoms with Gasteiger partial charge in [0.25, 0.3) is 17.7 Å². The van der Waals surface area contributed by atoms with Gasteiger partial charge in [0.05, 0.1) is 18.1 Å². The molecule has 2 aromatic carbocycles. The van der Waals surface area contributed by atoms with E-state index in [1.807, 2.05) is 6.07 Å². The van der Waals surface area contributed by atoms with Gasteiger partial charge in [-0.1, -0.05) is 24.3 Å². The molecule has 0 spiro atoms. The van der Waals surface area contributed by atoms with Crippen LogP contribution in [0.2, 0.25) is 0 Å². The first-order valence-electron chi connectivity index (χ1n) is 9.41. The van der Waals surface area contributed by atoms with E-state index in [9.17, 15) is 19.5 Å². The van der Waals surface area contributed by atoms with Crippen molar-refractivity contribution in [1.29, 1.82) is 0 Å². The normalized spacial score (nSPS) is 10.4. The lowest BCUT2D eigenvalue weighted by Crippen LogP contribution is -2.41. The first-order chi connectivity index (χ1) is 15.5. The van der Waals surface area contributed by atoms with E-state index in [4.69, 9.17) is 4.42 Å². The number of benzene rings is 2. The molecule has 0 bridgehead atoms. The van der Waals surface area contributed by atoms with Gasteiger partial charge in [0, 0.05) is 11.3 Å². The molecule has 0 aliphatic carbocycles. The molecule has 2 aromatic heterocycles. The van der Waals surface area contributed by atoms with Crippen molar-refractivity contribution in [2.24, 2.45) is 0 Å². The van der Waals surface area contributed by atoms with Crippen molar-refractivity contribution in [3.05, 3.63) is 96.2 Å². The summed E-state index contributed by atoms with van der Waals surface area (Å²) in [6.45, 7) is 0. The maximum absolute atomic E-state index is 12.4. The second kappa shape index (κ2) is 8.88. The van der Waals surface area contributed by atoms with E-state index >= 15 is 0 Å². The fourth-order valence-electron chi connectivity index (χ4n) is 2.82. The zero-order valence-corrected chi connectivity index (χ0v) is 16.5. The molecule has 2 heterocycles. The number of nitrogens with one attached hydrogen (secondary N) is 3. The highest BCUT2D eigenvalue weighted by atomic mass is 16.3. The monoisotopic (exact) mass is 431 g/mol. The van der Waals surface area contributed by atoms with Crippen LogP contribution in [0.4, 0.5) is 5.69 Å². The highest BCUT2D eigenvalue weighted by Gasteiger charge is 2.18. The molecule has 0 radical (unpaired) electrons. The predicted molar refractivity (Wildman–Crippen MR) is 113 cm³/mol. The van der Waals surface area contributed by atoms with Gasteiger partial charge in [0.2, 0.25) is 0 Å². The molecule has 3 amide bonds. The first-order valence-corrected chi connectivity index (χ1v) is 9.41. The molecule has 0 fully saturated rings. The Balaban J connectivity index is 1.39. The Hall–Kier alpha value is -4.86. The number of aromatic nitrogens is 2. The molecule has 10 nitrogen and oxygen atoms in total. The average molecular weight is 431 g/mol. The molecule has 0 aliphatic rings. The number of aromatic hydroxyl groups is 1. The summed E-state index contributed by atoms with van der Waals surface area (Å²) in [5.41, 5.74) is 5.40. The molecule has 0 atom stereocenters. The lowest BCUT2D eigenvalue weighted by molar-refractivity contribution is 0.0842. The van der Waals surface area contributed by atoms with Crippen molar-refractivity contribution in [3.8, 4) is 11.4 Å². The van der Waals surface area contributed by atoms with Crippen molar-refractivity contribution in [1.82, 2.24) is 20.6 Å². The summed E-state index contributed by atoms with van der Waals surface area (Å²) < 4.78 is 6.37. The molecule has 0 saturated carbocycles. The minimum atomic E-state index is -0.798. The van der Waals surface area contributed by atoms with Gasteiger partial charge in [0.1, 0.15) is 0 Å². The highest BCUT2D eigenvalue weighted by molar-refractivity contribution is 6.04. The smallest absolute Gasteiger partial charge is 0.294 e. The number of anilines is 1. The Labute approximate surface area is 181 Å². The van der Waals surface area contributed by atoms with Crippen LogP contribution in [-0.4, -0.2) is 32.6 Å².